The molecule has 2 aromatic carbocycles. The third-order valence-corrected chi connectivity index (χ3v) is 2.30. The van der Waals surface area contributed by atoms with Crippen molar-refractivity contribution in [3.63, 3.8) is 0 Å². The summed E-state index contributed by atoms with van der Waals surface area (Å²) in [5, 5.41) is 9.21. The van der Waals surface area contributed by atoms with E-state index in [9.17, 15) is 9.90 Å². The number of hydrogen-bond donors (Lipinski definition) is 1. The number of rotatable bonds is 2. The van der Waals surface area contributed by atoms with Gasteiger partial charge in [-0.05, 0) is 35.4 Å². The molecule has 0 aliphatic rings. The lowest BCUT2D eigenvalue weighted by molar-refractivity contribution is -0.131. The molecule has 0 aliphatic heterocycles. The van der Waals surface area contributed by atoms with E-state index in [0.717, 1.165) is 11.1 Å². The molecule has 0 saturated carbocycles. The maximum atomic E-state index is 10.9. The summed E-state index contributed by atoms with van der Waals surface area (Å²) in [6, 6.07) is 14.1. The van der Waals surface area contributed by atoms with Crippen LogP contribution in [0.2, 0.25) is 0 Å². The van der Waals surface area contributed by atoms with Gasteiger partial charge in [0.1, 0.15) is 11.5 Å². The molecule has 3 heteroatoms. The van der Waals surface area contributed by atoms with E-state index in [4.69, 9.17) is 4.74 Å². The van der Waals surface area contributed by atoms with Crippen LogP contribution in [0.25, 0.3) is 11.1 Å². The minimum absolute atomic E-state index is 0.227. The summed E-state index contributed by atoms with van der Waals surface area (Å²) >= 11 is 0. The second-order valence-electron chi connectivity index (χ2n) is 3.67. The minimum Gasteiger partial charge on any atom is -0.508 e. The molecule has 86 valence electrons. The first-order valence-corrected chi connectivity index (χ1v) is 5.23. The van der Waals surface area contributed by atoms with Crippen LogP contribution >= 0.6 is 0 Å². The Bertz CT molecular complexity index is 529. The highest BCUT2D eigenvalue weighted by molar-refractivity contribution is 5.71. The summed E-state index contributed by atoms with van der Waals surface area (Å²) in [6.07, 6.45) is 0. The van der Waals surface area contributed by atoms with Crippen LogP contribution in [0.1, 0.15) is 6.92 Å². The number of phenolic OH excluding ortho intramolecular Hbond substituents is 1. The van der Waals surface area contributed by atoms with E-state index < -0.39 is 0 Å². The number of aromatic hydroxyl groups is 1. The first kappa shape index (κ1) is 11.2. The van der Waals surface area contributed by atoms with Gasteiger partial charge in [-0.25, -0.2) is 0 Å². The third kappa shape index (κ3) is 2.84. The molecule has 2 aromatic rings. The molecule has 0 fully saturated rings. The zero-order valence-electron chi connectivity index (χ0n) is 9.38. The summed E-state index contributed by atoms with van der Waals surface area (Å²) in [6.45, 7) is 1.37. The van der Waals surface area contributed by atoms with Crippen molar-refractivity contribution in [3.05, 3.63) is 48.5 Å². The Morgan fingerprint density at radius 2 is 1.76 bits per heavy atom. The molecule has 0 heterocycles. The van der Waals surface area contributed by atoms with Crippen LogP contribution in [0.3, 0.4) is 0 Å². The second-order valence-corrected chi connectivity index (χ2v) is 3.67. The fourth-order valence-electron chi connectivity index (χ4n) is 1.56. The number of carbonyl (C=O) groups is 1. The van der Waals surface area contributed by atoms with Crippen molar-refractivity contribution in [1.82, 2.24) is 0 Å². The van der Waals surface area contributed by atoms with Crippen LogP contribution in [0, 0.1) is 0 Å². The topological polar surface area (TPSA) is 46.5 Å². The van der Waals surface area contributed by atoms with Gasteiger partial charge in [-0.1, -0.05) is 24.3 Å². The summed E-state index contributed by atoms with van der Waals surface area (Å²) < 4.78 is 5.01. The van der Waals surface area contributed by atoms with Gasteiger partial charge in [-0.15, -0.1) is 0 Å². The standard InChI is InChI=1S/C14H12O3/c1-10(15)17-14-4-2-3-12(9-14)11-5-7-13(16)8-6-11/h2-9,16H,1H3. The number of esters is 1. The molecule has 0 aromatic heterocycles. The third-order valence-electron chi connectivity index (χ3n) is 2.30. The van der Waals surface area contributed by atoms with E-state index in [1.54, 1.807) is 24.3 Å². The largest absolute Gasteiger partial charge is 0.508 e. The first-order valence-electron chi connectivity index (χ1n) is 5.23. The van der Waals surface area contributed by atoms with Crippen LogP contribution in [-0.4, -0.2) is 11.1 Å². The van der Waals surface area contributed by atoms with Crippen LogP contribution < -0.4 is 4.74 Å². The maximum absolute atomic E-state index is 10.9. The van der Waals surface area contributed by atoms with Gasteiger partial charge in [0, 0.05) is 6.92 Å². The van der Waals surface area contributed by atoms with Gasteiger partial charge in [0.25, 0.3) is 0 Å². The number of phenols is 1. The first-order chi connectivity index (χ1) is 8.15. The highest BCUT2D eigenvalue weighted by Gasteiger charge is 2.02. The summed E-state index contributed by atoms with van der Waals surface area (Å²) in [5.74, 6) is 0.404. The summed E-state index contributed by atoms with van der Waals surface area (Å²) in [5.41, 5.74) is 1.89. The molecule has 1 N–H and O–H groups in total. The number of benzene rings is 2. The molecule has 0 unspecified atom stereocenters. The highest BCUT2D eigenvalue weighted by atomic mass is 16.5. The predicted octanol–water partition coefficient (Wildman–Crippen LogP) is 2.98. The predicted molar refractivity (Wildman–Crippen MR) is 64.9 cm³/mol. The van der Waals surface area contributed by atoms with E-state index in [1.807, 2.05) is 24.3 Å². The van der Waals surface area contributed by atoms with Gasteiger partial charge in [0.15, 0.2) is 0 Å². The Hall–Kier alpha value is -2.29. The van der Waals surface area contributed by atoms with Crippen LogP contribution in [0.15, 0.2) is 48.5 Å². The zero-order valence-corrected chi connectivity index (χ0v) is 9.38. The average Bonchev–Trinajstić information content (AvgIpc) is 2.29. The summed E-state index contributed by atoms with van der Waals surface area (Å²) in [4.78, 5) is 10.9. The van der Waals surface area contributed by atoms with E-state index >= 15 is 0 Å². The van der Waals surface area contributed by atoms with E-state index in [2.05, 4.69) is 0 Å². The summed E-state index contributed by atoms with van der Waals surface area (Å²) in [7, 11) is 0. The maximum Gasteiger partial charge on any atom is 0.308 e. The molecule has 3 nitrogen and oxygen atoms in total. The van der Waals surface area contributed by atoms with Crippen LogP contribution in [-0.2, 0) is 4.79 Å². The average molecular weight is 228 g/mol. The van der Waals surface area contributed by atoms with E-state index in [-0.39, 0.29) is 11.7 Å². The molecular weight excluding hydrogens is 216 g/mol. The monoisotopic (exact) mass is 228 g/mol. The molecule has 0 saturated heterocycles. The lowest BCUT2D eigenvalue weighted by Gasteiger charge is -2.05. The lowest BCUT2D eigenvalue weighted by Crippen LogP contribution is -2.00. The van der Waals surface area contributed by atoms with Crippen LogP contribution in [0.4, 0.5) is 0 Å². The van der Waals surface area contributed by atoms with Gasteiger partial charge in [0.05, 0.1) is 0 Å². The molecule has 0 atom stereocenters. The molecule has 0 radical (unpaired) electrons. The number of ether oxygens (including phenoxy) is 1. The smallest absolute Gasteiger partial charge is 0.308 e. The van der Waals surface area contributed by atoms with Crippen molar-refractivity contribution >= 4 is 5.97 Å². The van der Waals surface area contributed by atoms with Crippen molar-refractivity contribution in [3.8, 4) is 22.6 Å². The fraction of sp³-hybridized carbons (Fsp3) is 0.0714. The van der Waals surface area contributed by atoms with Gasteiger partial charge in [-0.2, -0.15) is 0 Å². The fourth-order valence-corrected chi connectivity index (χ4v) is 1.56. The number of carbonyl (C=O) groups excluding carboxylic acids is 1. The Morgan fingerprint density at radius 3 is 2.41 bits per heavy atom. The van der Waals surface area contributed by atoms with Gasteiger partial charge >= 0.3 is 5.97 Å². The van der Waals surface area contributed by atoms with Gasteiger partial charge < -0.3 is 9.84 Å². The van der Waals surface area contributed by atoms with E-state index in [0.29, 0.717) is 5.75 Å². The molecule has 0 aliphatic carbocycles. The Balaban J connectivity index is 2.32. The Kier molecular flexibility index (Phi) is 3.10. The normalized spacial score (nSPS) is 9.94. The highest BCUT2D eigenvalue weighted by Crippen LogP contribution is 2.25. The molecule has 0 spiro atoms. The van der Waals surface area contributed by atoms with Crippen LogP contribution in [0.5, 0.6) is 11.5 Å². The molecular formula is C14H12O3. The molecule has 0 bridgehead atoms. The Morgan fingerprint density at radius 1 is 1.06 bits per heavy atom. The van der Waals surface area contributed by atoms with Gasteiger partial charge in [0.2, 0.25) is 0 Å². The van der Waals surface area contributed by atoms with Crippen molar-refractivity contribution in [1.29, 1.82) is 0 Å². The van der Waals surface area contributed by atoms with Gasteiger partial charge in [-0.3, -0.25) is 4.79 Å². The minimum atomic E-state index is -0.340. The van der Waals surface area contributed by atoms with Crippen molar-refractivity contribution in [2.75, 3.05) is 0 Å². The molecule has 17 heavy (non-hydrogen) atoms. The number of hydrogen-bond acceptors (Lipinski definition) is 3. The zero-order chi connectivity index (χ0) is 12.3. The molecule has 2 rings (SSSR count). The van der Waals surface area contributed by atoms with Crippen molar-refractivity contribution in [2.24, 2.45) is 0 Å². The van der Waals surface area contributed by atoms with Crippen molar-refractivity contribution in [2.45, 2.75) is 6.92 Å². The lowest BCUT2D eigenvalue weighted by atomic mass is 10.1. The van der Waals surface area contributed by atoms with Crippen molar-refractivity contribution < 1.29 is 14.6 Å². The SMILES string of the molecule is CC(=O)Oc1cccc(-c2ccc(O)cc2)c1. The Labute approximate surface area is 99.3 Å². The van der Waals surface area contributed by atoms with E-state index in [1.165, 1.54) is 6.92 Å². The molecule has 0 amide bonds. The quantitative estimate of drug-likeness (QED) is 0.635. The second kappa shape index (κ2) is 4.70.